The van der Waals surface area contributed by atoms with Gasteiger partial charge in [0.1, 0.15) is 5.76 Å². The van der Waals surface area contributed by atoms with Crippen molar-refractivity contribution in [1.29, 1.82) is 0 Å². The fourth-order valence-electron chi connectivity index (χ4n) is 4.16. The molecule has 25 heavy (non-hydrogen) atoms. The Bertz CT molecular complexity index is 762. The van der Waals surface area contributed by atoms with Crippen molar-refractivity contribution in [3.8, 4) is 0 Å². The zero-order valence-electron chi connectivity index (χ0n) is 15.1. The van der Waals surface area contributed by atoms with E-state index in [1.165, 1.54) is 9.75 Å². The van der Waals surface area contributed by atoms with Crippen LogP contribution in [0.4, 0.5) is 0 Å². The highest BCUT2D eigenvalue weighted by atomic mass is 32.1. The van der Waals surface area contributed by atoms with Crippen LogP contribution in [0.2, 0.25) is 0 Å². The standard InChI is InChI=1S/C19H25N3O2S/c1-12-4-7-17(25-12)10-21-8-15-5-6-16(9-21)22(19(15)23)11-18-13(2)20-24-14(18)3/h4,7,15-16H,5-6,8-11H2,1-3H3/t15-,16+/m0/s1. The van der Waals surface area contributed by atoms with Crippen LogP contribution in [-0.4, -0.2) is 40.0 Å². The molecular formula is C19H25N3O2S. The van der Waals surface area contributed by atoms with E-state index in [2.05, 4.69) is 34.0 Å². The van der Waals surface area contributed by atoms with Gasteiger partial charge in [0.15, 0.2) is 0 Å². The summed E-state index contributed by atoms with van der Waals surface area (Å²) in [6, 6.07) is 4.69. The maximum absolute atomic E-state index is 13.0. The number of carbonyl (C=O) groups excluding carboxylic acids is 1. The number of hydrogen-bond acceptors (Lipinski definition) is 5. The predicted octanol–water partition coefficient (Wildman–Crippen LogP) is 3.28. The first kappa shape index (κ1) is 16.8. The van der Waals surface area contributed by atoms with Gasteiger partial charge in [0.2, 0.25) is 5.91 Å². The summed E-state index contributed by atoms with van der Waals surface area (Å²) in [5, 5.41) is 4.04. The summed E-state index contributed by atoms with van der Waals surface area (Å²) >= 11 is 1.86. The van der Waals surface area contributed by atoms with Crippen LogP contribution in [0.1, 0.15) is 39.6 Å². The second-order valence-electron chi connectivity index (χ2n) is 7.40. The van der Waals surface area contributed by atoms with Gasteiger partial charge in [0, 0.05) is 41.0 Å². The van der Waals surface area contributed by atoms with Crippen molar-refractivity contribution in [2.45, 2.75) is 52.7 Å². The average molecular weight is 359 g/mol. The Morgan fingerprint density at radius 1 is 1.20 bits per heavy atom. The smallest absolute Gasteiger partial charge is 0.227 e. The second kappa shape index (κ2) is 6.57. The van der Waals surface area contributed by atoms with Crippen LogP contribution >= 0.6 is 11.3 Å². The van der Waals surface area contributed by atoms with Crippen LogP contribution in [0, 0.1) is 26.7 Å². The van der Waals surface area contributed by atoms with E-state index in [0.717, 1.165) is 49.5 Å². The molecule has 3 aliphatic heterocycles. The van der Waals surface area contributed by atoms with Gasteiger partial charge in [-0.2, -0.15) is 0 Å². The number of piperidine rings is 1. The van der Waals surface area contributed by atoms with E-state index >= 15 is 0 Å². The van der Waals surface area contributed by atoms with Crippen LogP contribution in [0.5, 0.6) is 0 Å². The number of fused-ring (bicyclic) bond motifs is 4. The molecule has 0 unspecified atom stereocenters. The van der Waals surface area contributed by atoms with Crippen molar-refractivity contribution in [3.63, 3.8) is 0 Å². The number of hydrogen-bond donors (Lipinski definition) is 0. The van der Waals surface area contributed by atoms with E-state index in [1.807, 2.05) is 25.2 Å². The molecular weight excluding hydrogens is 334 g/mol. The number of carbonyl (C=O) groups is 1. The molecule has 0 aliphatic carbocycles. The molecule has 2 aromatic rings. The molecule has 134 valence electrons. The molecule has 5 heterocycles. The molecule has 2 aromatic heterocycles. The monoisotopic (exact) mass is 359 g/mol. The minimum atomic E-state index is 0.125. The summed E-state index contributed by atoms with van der Waals surface area (Å²) in [6.07, 6.45) is 2.11. The first-order valence-electron chi connectivity index (χ1n) is 9.01. The molecule has 0 radical (unpaired) electrons. The third-order valence-corrected chi connectivity index (χ3v) is 6.54. The van der Waals surface area contributed by atoms with E-state index < -0.39 is 0 Å². The highest BCUT2D eigenvalue weighted by molar-refractivity contribution is 7.11. The van der Waals surface area contributed by atoms with Gasteiger partial charge in [0.05, 0.1) is 18.2 Å². The molecule has 3 fully saturated rings. The third kappa shape index (κ3) is 3.25. The topological polar surface area (TPSA) is 49.6 Å². The van der Waals surface area contributed by atoms with Gasteiger partial charge in [-0.15, -0.1) is 11.3 Å². The number of aromatic nitrogens is 1. The van der Waals surface area contributed by atoms with Gasteiger partial charge in [-0.1, -0.05) is 5.16 Å². The molecule has 1 amide bonds. The fraction of sp³-hybridized carbons (Fsp3) is 0.579. The van der Waals surface area contributed by atoms with E-state index in [1.54, 1.807) is 0 Å². The van der Waals surface area contributed by atoms with Crippen molar-refractivity contribution in [3.05, 3.63) is 38.9 Å². The van der Waals surface area contributed by atoms with Crippen LogP contribution in [0.15, 0.2) is 16.7 Å². The number of amides is 1. The summed E-state index contributed by atoms with van der Waals surface area (Å²) < 4.78 is 5.29. The quantitative estimate of drug-likeness (QED) is 0.841. The van der Waals surface area contributed by atoms with E-state index in [4.69, 9.17) is 4.52 Å². The van der Waals surface area contributed by atoms with Crippen molar-refractivity contribution >= 4 is 17.2 Å². The summed E-state index contributed by atoms with van der Waals surface area (Å²) in [4.78, 5) is 20.3. The summed E-state index contributed by atoms with van der Waals surface area (Å²) in [7, 11) is 0. The lowest BCUT2D eigenvalue weighted by molar-refractivity contribution is -0.140. The van der Waals surface area contributed by atoms with E-state index in [0.29, 0.717) is 18.5 Å². The van der Waals surface area contributed by atoms with Gasteiger partial charge in [0.25, 0.3) is 0 Å². The molecule has 3 aliphatic rings. The van der Waals surface area contributed by atoms with Crippen molar-refractivity contribution in [1.82, 2.24) is 15.0 Å². The largest absolute Gasteiger partial charge is 0.361 e. The van der Waals surface area contributed by atoms with Gasteiger partial charge in [-0.25, -0.2) is 0 Å². The molecule has 0 saturated carbocycles. The Morgan fingerprint density at radius 2 is 2.04 bits per heavy atom. The lowest BCUT2D eigenvalue weighted by Crippen LogP contribution is -2.47. The number of nitrogens with zero attached hydrogens (tertiary/aromatic N) is 3. The molecule has 3 saturated heterocycles. The molecule has 2 atom stereocenters. The molecule has 5 nitrogen and oxygen atoms in total. The maximum atomic E-state index is 13.0. The third-order valence-electron chi connectivity index (χ3n) is 5.55. The Balaban J connectivity index is 1.52. The minimum absolute atomic E-state index is 0.125. The molecule has 0 spiro atoms. The summed E-state index contributed by atoms with van der Waals surface area (Å²) in [6.45, 7) is 9.46. The molecule has 5 rings (SSSR count). The SMILES string of the molecule is Cc1ccc(CN2C[C@@H]3CC[C@H](C2)N(Cc2c(C)noc2C)C3=O)s1. The van der Waals surface area contributed by atoms with E-state index in [-0.39, 0.29) is 5.92 Å². The van der Waals surface area contributed by atoms with Crippen molar-refractivity contribution < 1.29 is 9.32 Å². The van der Waals surface area contributed by atoms with Crippen molar-refractivity contribution in [2.75, 3.05) is 13.1 Å². The van der Waals surface area contributed by atoms with Gasteiger partial charge >= 0.3 is 0 Å². The Morgan fingerprint density at radius 3 is 2.72 bits per heavy atom. The fourth-order valence-corrected chi connectivity index (χ4v) is 5.09. The minimum Gasteiger partial charge on any atom is -0.361 e. The van der Waals surface area contributed by atoms with Gasteiger partial charge in [-0.3, -0.25) is 9.69 Å². The Labute approximate surface area is 152 Å². The van der Waals surface area contributed by atoms with Gasteiger partial charge in [-0.05, 0) is 45.7 Å². The summed E-state index contributed by atoms with van der Waals surface area (Å²) in [5.74, 6) is 1.26. The molecule has 2 bridgehead atoms. The Kier molecular flexibility index (Phi) is 4.41. The lowest BCUT2D eigenvalue weighted by atomic mass is 9.93. The number of aryl methyl sites for hydroxylation is 3. The highest BCUT2D eigenvalue weighted by Gasteiger charge is 2.41. The second-order valence-corrected chi connectivity index (χ2v) is 8.78. The van der Waals surface area contributed by atoms with Crippen LogP contribution in [-0.2, 0) is 17.9 Å². The first-order valence-corrected chi connectivity index (χ1v) is 9.83. The van der Waals surface area contributed by atoms with Gasteiger partial charge < -0.3 is 9.42 Å². The molecule has 0 aromatic carbocycles. The van der Waals surface area contributed by atoms with Crippen LogP contribution in [0.3, 0.4) is 0 Å². The predicted molar refractivity (Wildman–Crippen MR) is 97.4 cm³/mol. The molecule has 6 heteroatoms. The van der Waals surface area contributed by atoms with E-state index in [9.17, 15) is 4.79 Å². The molecule has 0 N–H and O–H groups in total. The zero-order chi connectivity index (χ0) is 17.6. The van der Waals surface area contributed by atoms with Crippen molar-refractivity contribution in [2.24, 2.45) is 5.92 Å². The van der Waals surface area contributed by atoms with Crippen LogP contribution in [0.25, 0.3) is 0 Å². The zero-order valence-corrected chi connectivity index (χ0v) is 15.9. The highest BCUT2D eigenvalue weighted by Crippen LogP contribution is 2.32. The normalized spacial score (nSPS) is 24.1. The first-order chi connectivity index (χ1) is 12.0. The Hall–Kier alpha value is -1.66. The average Bonchev–Trinajstić information content (AvgIpc) is 3.00. The number of rotatable bonds is 4. The lowest BCUT2D eigenvalue weighted by Gasteiger charge is -2.36. The maximum Gasteiger partial charge on any atom is 0.227 e. The number of thiophene rings is 1. The van der Waals surface area contributed by atoms with Crippen LogP contribution < -0.4 is 0 Å². The summed E-state index contributed by atoms with van der Waals surface area (Å²) in [5.41, 5.74) is 1.97.